The first-order valence-electron chi connectivity index (χ1n) is 6.77. The summed E-state index contributed by atoms with van der Waals surface area (Å²) in [7, 11) is 1.56. The molecular formula is C16H20O5. The Morgan fingerprint density at radius 1 is 1.19 bits per heavy atom. The van der Waals surface area contributed by atoms with E-state index in [9.17, 15) is 9.59 Å². The summed E-state index contributed by atoms with van der Waals surface area (Å²) in [5.41, 5.74) is 0.674. The summed E-state index contributed by atoms with van der Waals surface area (Å²) in [5, 5.41) is 0. The number of methoxy groups -OCH3 is 1. The summed E-state index contributed by atoms with van der Waals surface area (Å²) < 4.78 is 15.0. The molecule has 0 N–H and O–H groups in total. The normalized spacial score (nSPS) is 10.9. The van der Waals surface area contributed by atoms with Gasteiger partial charge in [0.25, 0.3) is 0 Å². The molecule has 0 amide bonds. The van der Waals surface area contributed by atoms with Gasteiger partial charge in [-0.2, -0.15) is 0 Å². The van der Waals surface area contributed by atoms with Gasteiger partial charge in [-0.05, 0) is 31.5 Å². The van der Waals surface area contributed by atoms with Crippen LogP contribution in [0.2, 0.25) is 0 Å². The number of hydrogen-bond acceptors (Lipinski definition) is 5. The zero-order chi connectivity index (χ0) is 15.7. The Labute approximate surface area is 124 Å². The Morgan fingerprint density at radius 3 is 2.57 bits per heavy atom. The second kappa shape index (κ2) is 8.79. The molecule has 1 aromatic carbocycles. The van der Waals surface area contributed by atoms with E-state index in [2.05, 4.69) is 0 Å². The van der Waals surface area contributed by atoms with E-state index >= 15 is 0 Å². The molecule has 0 heterocycles. The molecule has 114 valence electrons. The van der Waals surface area contributed by atoms with Gasteiger partial charge in [-0.15, -0.1) is 0 Å². The second-order valence-corrected chi connectivity index (χ2v) is 4.16. The van der Waals surface area contributed by atoms with Crippen LogP contribution in [0.4, 0.5) is 0 Å². The molecule has 0 unspecified atom stereocenters. The van der Waals surface area contributed by atoms with Gasteiger partial charge in [0.15, 0.2) is 5.78 Å². The quantitative estimate of drug-likeness (QED) is 0.242. The minimum absolute atomic E-state index is 0.0783. The van der Waals surface area contributed by atoms with Crippen molar-refractivity contribution in [2.75, 3.05) is 20.3 Å². The summed E-state index contributed by atoms with van der Waals surface area (Å²) in [6.07, 6.45) is 1.25. The highest BCUT2D eigenvalue weighted by Crippen LogP contribution is 2.15. The van der Waals surface area contributed by atoms with Crippen LogP contribution in [0.25, 0.3) is 0 Å². The predicted molar refractivity (Wildman–Crippen MR) is 78.0 cm³/mol. The summed E-state index contributed by atoms with van der Waals surface area (Å²) in [4.78, 5) is 24.0. The van der Waals surface area contributed by atoms with Crippen LogP contribution in [-0.2, 0) is 25.5 Å². The average Bonchev–Trinajstić information content (AvgIpc) is 2.48. The van der Waals surface area contributed by atoms with Gasteiger partial charge < -0.3 is 14.2 Å². The van der Waals surface area contributed by atoms with Crippen LogP contribution in [0.5, 0.6) is 5.75 Å². The van der Waals surface area contributed by atoms with Gasteiger partial charge in [-0.1, -0.05) is 12.1 Å². The molecule has 0 aliphatic heterocycles. The number of ketones is 1. The Kier molecular flexibility index (Phi) is 7.01. The van der Waals surface area contributed by atoms with E-state index in [0.717, 1.165) is 5.56 Å². The van der Waals surface area contributed by atoms with Crippen LogP contribution in [-0.4, -0.2) is 32.1 Å². The molecule has 0 saturated heterocycles. The van der Waals surface area contributed by atoms with Crippen molar-refractivity contribution in [2.45, 2.75) is 20.3 Å². The van der Waals surface area contributed by atoms with Crippen molar-refractivity contribution in [1.29, 1.82) is 0 Å². The maximum atomic E-state index is 12.2. The van der Waals surface area contributed by atoms with Gasteiger partial charge in [0.2, 0.25) is 0 Å². The second-order valence-electron chi connectivity index (χ2n) is 4.16. The number of esters is 1. The average molecular weight is 292 g/mol. The fourth-order valence-electron chi connectivity index (χ4n) is 1.67. The molecule has 0 saturated carbocycles. The number of hydrogen-bond donors (Lipinski definition) is 0. The molecule has 1 aromatic rings. The first-order chi connectivity index (χ1) is 10.1. The maximum absolute atomic E-state index is 12.2. The van der Waals surface area contributed by atoms with E-state index in [0.29, 0.717) is 12.4 Å². The van der Waals surface area contributed by atoms with E-state index in [-0.39, 0.29) is 24.4 Å². The lowest BCUT2D eigenvalue weighted by Gasteiger charge is -2.07. The van der Waals surface area contributed by atoms with Gasteiger partial charge >= 0.3 is 5.97 Å². The van der Waals surface area contributed by atoms with E-state index < -0.39 is 5.97 Å². The number of rotatable bonds is 8. The molecule has 0 fully saturated rings. The zero-order valence-electron chi connectivity index (χ0n) is 12.5. The fraction of sp³-hybridized carbons (Fsp3) is 0.375. The molecule has 5 heteroatoms. The monoisotopic (exact) mass is 292 g/mol. The lowest BCUT2D eigenvalue weighted by atomic mass is 10.0. The van der Waals surface area contributed by atoms with E-state index in [1.54, 1.807) is 45.2 Å². The molecular weight excluding hydrogens is 272 g/mol. The van der Waals surface area contributed by atoms with Crippen LogP contribution in [0, 0.1) is 0 Å². The van der Waals surface area contributed by atoms with Crippen LogP contribution in [0.15, 0.2) is 36.1 Å². The highest BCUT2D eigenvalue weighted by atomic mass is 16.5. The molecule has 0 aliphatic carbocycles. The predicted octanol–water partition coefficient (Wildman–Crippen LogP) is 2.29. The van der Waals surface area contributed by atoms with Gasteiger partial charge in [-0.25, -0.2) is 4.79 Å². The van der Waals surface area contributed by atoms with Crippen molar-refractivity contribution in [3.05, 3.63) is 41.7 Å². The molecule has 5 nitrogen and oxygen atoms in total. The smallest absolute Gasteiger partial charge is 0.344 e. The van der Waals surface area contributed by atoms with E-state index in [1.807, 2.05) is 0 Å². The van der Waals surface area contributed by atoms with Crippen molar-refractivity contribution in [1.82, 2.24) is 0 Å². The third-order valence-electron chi connectivity index (χ3n) is 2.66. The number of carbonyl (C=O) groups is 2. The largest absolute Gasteiger partial charge is 0.500 e. The minimum Gasteiger partial charge on any atom is -0.500 e. The van der Waals surface area contributed by atoms with Crippen LogP contribution < -0.4 is 4.74 Å². The molecule has 1 rings (SSSR count). The Balaban J connectivity index is 2.87. The van der Waals surface area contributed by atoms with Gasteiger partial charge in [0.1, 0.15) is 17.6 Å². The molecule has 0 aromatic heterocycles. The van der Waals surface area contributed by atoms with Crippen molar-refractivity contribution in [2.24, 2.45) is 0 Å². The Morgan fingerprint density at radius 2 is 1.95 bits per heavy atom. The molecule has 0 bridgehead atoms. The summed E-state index contributed by atoms with van der Waals surface area (Å²) >= 11 is 0. The number of ether oxygens (including phenoxy) is 3. The topological polar surface area (TPSA) is 61.8 Å². The lowest BCUT2D eigenvalue weighted by Crippen LogP contribution is -2.18. The maximum Gasteiger partial charge on any atom is 0.344 e. The first-order valence-corrected chi connectivity index (χ1v) is 6.77. The fourth-order valence-corrected chi connectivity index (χ4v) is 1.67. The van der Waals surface area contributed by atoms with Crippen molar-refractivity contribution in [3.8, 4) is 5.75 Å². The number of carbonyl (C=O) groups excluding carboxylic acids is 2. The van der Waals surface area contributed by atoms with Gasteiger partial charge in [-0.3, -0.25) is 4.79 Å². The molecule has 0 spiro atoms. The SMILES string of the molecule is CCO/C=C(\C(=O)Cc1cccc(OC)c1)C(=O)OCC. The molecule has 0 radical (unpaired) electrons. The molecule has 0 aliphatic rings. The lowest BCUT2D eigenvalue weighted by molar-refractivity contribution is -0.140. The molecule has 21 heavy (non-hydrogen) atoms. The standard InChI is InChI=1S/C16H20O5/c1-4-20-11-14(16(18)21-5-2)15(17)10-12-7-6-8-13(9-12)19-3/h6-9,11H,4-5,10H2,1-3H3/b14-11+. The van der Waals surface area contributed by atoms with E-state index in [4.69, 9.17) is 14.2 Å². The number of Topliss-reactive ketones (excluding diaryl/α,β-unsaturated/α-hetero) is 1. The number of benzene rings is 1. The molecule has 0 atom stereocenters. The Hall–Kier alpha value is -2.30. The van der Waals surface area contributed by atoms with Crippen molar-refractivity contribution >= 4 is 11.8 Å². The summed E-state index contributed by atoms with van der Waals surface area (Å²) in [6.45, 7) is 4.03. The van der Waals surface area contributed by atoms with Gasteiger partial charge in [0, 0.05) is 6.42 Å². The van der Waals surface area contributed by atoms with Crippen molar-refractivity contribution < 1.29 is 23.8 Å². The highest BCUT2D eigenvalue weighted by Gasteiger charge is 2.20. The zero-order valence-corrected chi connectivity index (χ0v) is 12.5. The van der Waals surface area contributed by atoms with Crippen LogP contribution >= 0.6 is 0 Å². The van der Waals surface area contributed by atoms with Gasteiger partial charge in [0.05, 0.1) is 20.3 Å². The van der Waals surface area contributed by atoms with E-state index in [1.165, 1.54) is 6.26 Å². The highest BCUT2D eigenvalue weighted by molar-refractivity contribution is 6.17. The van der Waals surface area contributed by atoms with Crippen LogP contribution in [0.1, 0.15) is 19.4 Å². The summed E-state index contributed by atoms with van der Waals surface area (Å²) in [6, 6.07) is 7.12. The first kappa shape index (κ1) is 16.8. The minimum atomic E-state index is -0.668. The van der Waals surface area contributed by atoms with Crippen LogP contribution in [0.3, 0.4) is 0 Å². The Bertz CT molecular complexity index is 519. The summed E-state index contributed by atoms with van der Waals surface area (Å²) in [5.74, 6) is -0.360. The third-order valence-corrected chi connectivity index (χ3v) is 2.66. The van der Waals surface area contributed by atoms with Crippen molar-refractivity contribution in [3.63, 3.8) is 0 Å². The third kappa shape index (κ3) is 5.30.